The minimum absolute atomic E-state index is 0.0896. The van der Waals surface area contributed by atoms with Gasteiger partial charge in [0.05, 0.1) is 23.4 Å². The smallest absolute Gasteiger partial charge is 0.226 e. The first-order valence-electron chi connectivity index (χ1n) is 8.78. The number of ether oxygens (including phenoxy) is 1. The molecule has 1 atom stereocenters. The molecule has 0 aromatic heterocycles. The van der Waals surface area contributed by atoms with Gasteiger partial charge < -0.3 is 20.7 Å². The Hall–Kier alpha value is -1.79. The van der Waals surface area contributed by atoms with Crippen LogP contribution in [0.25, 0.3) is 0 Å². The Balaban J connectivity index is 1.76. The highest BCUT2D eigenvalue weighted by Gasteiger charge is 2.15. The van der Waals surface area contributed by atoms with E-state index >= 15 is 0 Å². The van der Waals surface area contributed by atoms with Gasteiger partial charge in [-0.3, -0.25) is 9.79 Å². The van der Waals surface area contributed by atoms with Gasteiger partial charge in [0.2, 0.25) is 5.91 Å². The predicted octanol–water partition coefficient (Wildman–Crippen LogP) is 2.71. The predicted molar refractivity (Wildman–Crippen MR) is 102 cm³/mol. The molecule has 0 aliphatic carbocycles. The highest BCUT2D eigenvalue weighted by Crippen LogP contribution is 2.22. The molecule has 1 unspecified atom stereocenters. The molecular formula is C18H27ClN4O2. The summed E-state index contributed by atoms with van der Waals surface area (Å²) >= 11 is 6.13. The molecule has 7 heteroatoms. The van der Waals surface area contributed by atoms with Gasteiger partial charge in [-0.05, 0) is 44.4 Å². The fourth-order valence-corrected chi connectivity index (χ4v) is 2.83. The van der Waals surface area contributed by atoms with Gasteiger partial charge in [0.1, 0.15) is 0 Å². The number of benzene rings is 1. The topological polar surface area (TPSA) is 74.8 Å². The number of hydrogen-bond donors (Lipinski definition) is 3. The summed E-state index contributed by atoms with van der Waals surface area (Å²) in [5.41, 5.74) is 1.69. The van der Waals surface area contributed by atoms with Gasteiger partial charge in [-0.25, -0.2) is 0 Å². The molecule has 1 aliphatic rings. The first-order chi connectivity index (χ1) is 12.1. The zero-order valence-corrected chi connectivity index (χ0v) is 15.7. The summed E-state index contributed by atoms with van der Waals surface area (Å²) < 4.78 is 5.57. The highest BCUT2D eigenvalue weighted by atomic mass is 35.5. The third kappa shape index (κ3) is 6.92. The molecule has 1 fully saturated rings. The van der Waals surface area contributed by atoms with Crippen molar-refractivity contribution in [1.29, 1.82) is 0 Å². The van der Waals surface area contributed by atoms with Crippen LogP contribution in [0.3, 0.4) is 0 Å². The van der Waals surface area contributed by atoms with Crippen LogP contribution in [0.4, 0.5) is 5.69 Å². The molecule has 1 aliphatic heterocycles. The minimum Gasteiger partial charge on any atom is -0.376 e. The second kappa shape index (κ2) is 10.3. The van der Waals surface area contributed by atoms with E-state index in [1.165, 1.54) is 0 Å². The average Bonchev–Trinajstić information content (AvgIpc) is 3.09. The molecular weight excluding hydrogens is 340 g/mol. The number of aryl methyl sites for hydroxylation is 1. The summed E-state index contributed by atoms with van der Waals surface area (Å²) in [7, 11) is 0. The Morgan fingerprint density at radius 1 is 1.40 bits per heavy atom. The fraction of sp³-hybridized carbons (Fsp3) is 0.556. The quantitative estimate of drug-likeness (QED) is 0.512. The molecule has 2 rings (SSSR count). The lowest BCUT2D eigenvalue weighted by atomic mass is 10.2. The maximum atomic E-state index is 12.1. The van der Waals surface area contributed by atoms with Crippen LogP contribution in [-0.2, 0) is 9.53 Å². The molecule has 138 valence electrons. The van der Waals surface area contributed by atoms with Crippen molar-refractivity contribution in [3.05, 3.63) is 28.8 Å². The maximum Gasteiger partial charge on any atom is 0.226 e. The summed E-state index contributed by atoms with van der Waals surface area (Å²) in [5.74, 6) is 0.618. The Morgan fingerprint density at radius 3 is 2.92 bits per heavy atom. The first-order valence-corrected chi connectivity index (χ1v) is 9.16. The van der Waals surface area contributed by atoms with E-state index < -0.39 is 0 Å². The number of amides is 1. The Bertz CT molecular complexity index is 601. The molecule has 0 radical (unpaired) electrons. The Kier molecular flexibility index (Phi) is 8.01. The maximum absolute atomic E-state index is 12.1. The third-order valence-corrected chi connectivity index (χ3v) is 4.18. The molecule has 0 bridgehead atoms. The number of guanidine groups is 1. The number of nitrogens with one attached hydrogen (secondary N) is 3. The van der Waals surface area contributed by atoms with Gasteiger partial charge in [0.25, 0.3) is 0 Å². The summed E-state index contributed by atoms with van der Waals surface area (Å²) in [4.78, 5) is 16.6. The Morgan fingerprint density at radius 2 is 2.24 bits per heavy atom. The van der Waals surface area contributed by atoms with Crippen molar-refractivity contribution in [3.63, 3.8) is 0 Å². The van der Waals surface area contributed by atoms with Gasteiger partial charge in [0.15, 0.2) is 5.96 Å². The molecule has 1 aromatic rings. The lowest BCUT2D eigenvalue weighted by molar-refractivity contribution is -0.116. The molecule has 1 saturated heterocycles. The molecule has 1 aromatic carbocycles. The van der Waals surface area contributed by atoms with Crippen LogP contribution < -0.4 is 16.0 Å². The third-order valence-electron chi connectivity index (χ3n) is 3.86. The van der Waals surface area contributed by atoms with Crippen LogP contribution in [0.1, 0.15) is 31.7 Å². The van der Waals surface area contributed by atoms with Gasteiger partial charge in [-0.1, -0.05) is 17.7 Å². The molecule has 1 amide bonds. The van der Waals surface area contributed by atoms with Crippen LogP contribution in [0.5, 0.6) is 0 Å². The monoisotopic (exact) mass is 366 g/mol. The lowest BCUT2D eigenvalue weighted by Gasteiger charge is -2.13. The van der Waals surface area contributed by atoms with Crippen molar-refractivity contribution in [3.8, 4) is 0 Å². The van der Waals surface area contributed by atoms with E-state index in [0.717, 1.165) is 31.6 Å². The number of halogens is 1. The van der Waals surface area contributed by atoms with E-state index in [4.69, 9.17) is 16.3 Å². The standard InChI is InChI=1S/C18H27ClN4O2/c1-3-20-18(22-12-14-5-4-10-25-14)21-9-8-17(24)23-16-7-6-13(2)11-15(16)19/h6-7,11,14H,3-5,8-10,12H2,1-2H3,(H,23,24)(H2,20,21,22). The summed E-state index contributed by atoms with van der Waals surface area (Å²) in [6.07, 6.45) is 2.70. The second-order valence-electron chi connectivity index (χ2n) is 6.06. The van der Waals surface area contributed by atoms with Gasteiger partial charge in [0, 0.05) is 26.1 Å². The van der Waals surface area contributed by atoms with Crippen molar-refractivity contribution in [2.45, 2.75) is 39.2 Å². The van der Waals surface area contributed by atoms with Gasteiger partial charge in [-0.2, -0.15) is 0 Å². The molecule has 0 spiro atoms. The molecule has 1 heterocycles. The van der Waals surface area contributed by atoms with Crippen molar-refractivity contribution < 1.29 is 9.53 Å². The molecule has 0 saturated carbocycles. The van der Waals surface area contributed by atoms with Crippen LogP contribution in [0.15, 0.2) is 23.2 Å². The van der Waals surface area contributed by atoms with Crippen molar-refractivity contribution in [2.24, 2.45) is 4.99 Å². The van der Waals surface area contributed by atoms with E-state index in [1.807, 2.05) is 32.0 Å². The van der Waals surface area contributed by atoms with E-state index in [9.17, 15) is 4.79 Å². The molecule has 6 nitrogen and oxygen atoms in total. The number of carbonyl (C=O) groups excluding carboxylic acids is 1. The number of nitrogens with zero attached hydrogens (tertiary/aromatic N) is 1. The zero-order valence-electron chi connectivity index (χ0n) is 14.9. The summed E-state index contributed by atoms with van der Waals surface area (Å²) in [5, 5.41) is 9.73. The summed E-state index contributed by atoms with van der Waals surface area (Å²) in [6, 6.07) is 5.56. The van der Waals surface area contributed by atoms with Crippen LogP contribution >= 0.6 is 11.6 Å². The normalized spacial score (nSPS) is 17.4. The molecule has 3 N–H and O–H groups in total. The Labute approximate surface area is 154 Å². The number of aliphatic imine (C=N–C) groups is 1. The molecule has 25 heavy (non-hydrogen) atoms. The number of rotatable bonds is 7. The number of carbonyl (C=O) groups is 1. The van der Waals surface area contributed by atoms with Crippen LogP contribution in [0, 0.1) is 6.92 Å². The fourth-order valence-electron chi connectivity index (χ4n) is 2.55. The van der Waals surface area contributed by atoms with Crippen molar-refractivity contribution >= 4 is 29.2 Å². The average molecular weight is 367 g/mol. The van der Waals surface area contributed by atoms with E-state index in [0.29, 0.717) is 36.2 Å². The number of anilines is 1. The van der Waals surface area contributed by atoms with Gasteiger partial charge in [-0.15, -0.1) is 0 Å². The van der Waals surface area contributed by atoms with Crippen LogP contribution in [-0.4, -0.2) is 44.2 Å². The van der Waals surface area contributed by atoms with Crippen LogP contribution in [0.2, 0.25) is 5.02 Å². The van der Waals surface area contributed by atoms with Crippen molar-refractivity contribution in [1.82, 2.24) is 10.6 Å². The number of hydrogen-bond acceptors (Lipinski definition) is 3. The first kappa shape index (κ1) is 19.5. The highest BCUT2D eigenvalue weighted by molar-refractivity contribution is 6.33. The summed E-state index contributed by atoms with van der Waals surface area (Å²) in [6.45, 7) is 6.69. The van der Waals surface area contributed by atoms with E-state index in [2.05, 4.69) is 20.9 Å². The largest absolute Gasteiger partial charge is 0.376 e. The van der Waals surface area contributed by atoms with Gasteiger partial charge >= 0.3 is 0 Å². The second-order valence-corrected chi connectivity index (χ2v) is 6.47. The zero-order chi connectivity index (χ0) is 18.1. The lowest BCUT2D eigenvalue weighted by Crippen LogP contribution is -2.39. The van der Waals surface area contributed by atoms with Crippen molar-refractivity contribution in [2.75, 3.05) is 31.6 Å². The van der Waals surface area contributed by atoms with E-state index in [-0.39, 0.29) is 12.0 Å². The van der Waals surface area contributed by atoms with E-state index in [1.54, 1.807) is 0 Å². The SMILES string of the molecule is CCNC(=NCC1CCCO1)NCCC(=O)Nc1ccc(C)cc1Cl. The minimum atomic E-state index is -0.0896.